The van der Waals surface area contributed by atoms with Crippen LogP contribution in [0.15, 0.2) is 0 Å². The van der Waals surface area contributed by atoms with Crippen LogP contribution in [0.2, 0.25) is 0 Å². The van der Waals surface area contributed by atoms with Crippen molar-refractivity contribution in [1.82, 2.24) is 4.90 Å². The second-order valence-electron chi connectivity index (χ2n) is 6.39. The first-order chi connectivity index (χ1) is 8.69. The van der Waals surface area contributed by atoms with Crippen LogP contribution in [0.4, 0.5) is 0 Å². The minimum atomic E-state index is 0.196. The van der Waals surface area contributed by atoms with Crippen molar-refractivity contribution in [2.45, 2.75) is 81.6 Å². The summed E-state index contributed by atoms with van der Waals surface area (Å²) >= 11 is 0. The van der Waals surface area contributed by atoms with Gasteiger partial charge in [0, 0.05) is 20.0 Å². The van der Waals surface area contributed by atoms with Gasteiger partial charge in [-0.25, -0.2) is 0 Å². The summed E-state index contributed by atoms with van der Waals surface area (Å²) in [6.07, 6.45) is 3.49. The molecule has 0 saturated carbocycles. The Balaban J connectivity index is 0. The molecule has 1 atom stereocenters. The van der Waals surface area contributed by atoms with Gasteiger partial charge in [0.15, 0.2) is 0 Å². The minimum absolute atomic E-state index is 0.196. The molecule has 0 aliphatic rings. The highest BCUT2D eigenvalue weighted by Gasteiger charge is 2.32. The first-order valence-corrected chi connectivity index (χ1v) is 7.95. The molecule has 2 nitrogen and oxygen atoms in total. The number of nitrogens with zero attached hydrogens (tertiary/aromatic N) is 1. The summed E-state index contributed by atoms with van der Waals surface area (Å²) in [4.78, 5) is 13.5. The number of carbonyl (C=O) groups is 1. The molecular formula is C17H37NO. The third kappa shape index (κ3) is 8.28. The molecule has 0 aromatic carbocycles. The monoisotopic (exact) mass is 271 g/mol. The van der Waals surface area contributed by atoms with E-state index in [4.69, 9.17) is 0 Å². The molecule has 0 saturated heterocycles. The summed E-state index contributed by atoms with van der Waals surface area (Å²) in [5, 5.41) is 0. The highest BCUT2D eigenvalue weighted by molar-refractivity contribution is 5.73. The highest BCUT2D eigenvalue weighted by Crippen LogP contribution is 2.39. The Kier molecular flexibility index (Phi) is 10.3. The van der Waals surface area contributed by atoms with Gasteiger partial charge in [0.2, 0.25) is 5.91 Å². The maximum absolute atomic E-state index is 11.5. The van der Waals surface area contributed by atoms with Crippen LogP contribution >= 0.6 is 0 Å². The summed E-state index contributed by atoms with van der Waals surface area (Å²) in [7, 11) is 0. The SMILES string of the molecule is CC.CCN(CC(C)(CC)CC(C)(C)CC)C(C)=O. The van der Waals surface area contributed by atoms with Crippen LogP contribution in [0.25, 0.3) is 0 Å². The lowest BCUT2D eigenvalue weighted by Crippen LogP contribution is -2.40. The Morgan fingerprint density at radius 3 is 1.74 bits per heavy atom. The van der Waals surface area contributed by atoms with Crippen molar-refractivity contribution < 1.29 is 4.79 Å². The van der Waals surface area contributed by atoms with Gasteiger partial charge in [0.05, 0.1) is 0 Å². The summed E-state index contributed by atoms with van der Waals surface area (Å²) in [5.74, 6) is 0.196. The number of hydrogen-bond donors (Lipinski definition) is 0. The zero-order valence-electron chi connectivity index (χ0n) is 14.9. The molecule has 0 spiro atoms. The molecule has 0 rings (SSSR count). The van der Waals surface area contributed by atoms with Crippen LogP contribution in [-0.4, -0.2) is 23.9 Å². The van der Waals surface area contributed by atoms with Crippen molar-refractivity contribution >= 4 is 5.91 Å². The molecule has 1 unspecified atom stereocenters. The maximum Gasteiger partial charge on any atom is 0.219 e. The predicted molar refractivity (Wildman–Crippen MR) is 86.4 cm³/mol. The predicted octanol–water partition coefficient (Wildman–Crippen LogP) is 5.12. The number of amides is 1. The van der Waals surface area contributed by atoms with Crippen LogP contribution in [0, 0.1) is 10.8 Å². The van der Waals surface area contributed by atoms with E-state index in [0.717, 1.165) is 19.5 Å². The van der Waals surface area contributed by atoms with Gasteiger partial charge in [-0.3, -0.25) is 4.79 Å². The molecule has 0 N–H and O–H groups in total. The van der Waals surface area contributed by atoms with Gasteiger partial charge in [-0.05, 0) is 30.6 Å². The van der Waals surface area contributed by atoms with Crippen molar-refractivity contribution in [2.75, 3.05) is 13.1 Å². The average Bonchev–Trinajstić information content (AvgIpc) is 2.37. The van der Waals surface area contributed by atoms with E-state index in [-0.39, 0.29) is 11.3 Å². The third-order valence-corrected chi connectivity index (χ3v) is 4.12. The van der Waals surface area contributed by atoms with E-state index in [1.54, 1.807) is 6.92 Å². The first kappa shape index (κ1) is 20.8. The summed E-state index contributed by atoms with van der Waals surface area (Å²) in [6.45, 7) is 20.9. The Labute approximate surface area is 122 Å². The molecule has 2 heteroatoms. The number of carbonyl (C=O) groups excluding carboxylic acids is 1. The lowest BCUT2D eigenvalue weighted by molar-refractivity contribution is -0.130. The van der Waals surface area contributed by atoms with Crippen molar-refractivity contribution in [3.63, 3.8) is 0 Å². The van der Waals surface area contributed by atoms with E-state index >= 15 is 0 Å². The average molecular weight is 271 g/mol. The molecule has 0 aliphatic heterocycles. The van der Waals surface area contributed by atoms with Gasteiger partial charge in [0.25, 0.3) is 0 Å². The fraction of sp³-hybridized carbons (Fsp3) is 0.941. The second-order valence-corrected chi connectivity index (χ2v) is 6.39. The lowest BCUT2D eigenvalue weighted by Gasteiger charge is -2.39. The van der Waals surface area contributed by atoms with Gasteiger partial charge in [0.1, 0.15) is 0 Å². The van der Waals surface area contributed by atoms with Gasteiger partial charge in [-0.1, -0.05) is 54.9 Å². The van der Waals surface area contributed by atoms with Gasteiger partial charge >= 0.3 is 0 Å². The van der Waals surface area contributed by atoms with E-state index in [2.05, 4.69) is 41.5 Å². The quantitative estimate of drug-likeness (QED) is 0.629. The Hall–Kier alpha value is -0.530. The van der Waals surface area contributed by atoms with Crippen LogP contribution in [0.3, 0.4) is 0 Å². The molecule has 0 aliphatic carbocycles. The zero-order valence-corrected chi connectivity index (χ0v) is 14.9. The van der Waals surface area contributed by atoms with E-state index < -0.39 is 0 Å². The molecule has 0 bridgehead atoms. The fourth-order valence-corrected chi connectivity index (χ4v) is 2.48. The molecule has 1 amide bonds. The van der Waals surface area contributed by atoms with Crippen molar-refractivity contribution in [3.8, 4) is 0 Å². The Bertz CT molecular complexity index is 248. The summed E-state index contributed by atoms with van der Waals surface area (Å²) < 4.78 is 0. The van der Waals surface area contributed by atoms with E-state index in [1.165, 1.54) is 12.8 Å². The van der Waals surface area contributed by atoms with E-state index in [0.29, 0.717) is 5.41 Å². The van der Waals surface area contributed by atoms with Gasteiger partial charge in [-0.2, -0.15) is 0 Å². The third-order valence-electron chi connectivity index (χ3n) is 4.12. The Morgan fingerprint density at radius 1 is 1.00 bits per heavy atom. The van der Waals surface area contributed by atoms with Gasteiger partial charge in [-0.15, -0.1) is 0 Å². The topological polar surface area (TPSA) is 20.3 Å². The van der Waals surface area contributed by atoms with E-state index in [1.807, 2.05) is 18.7 Å². The molecule has 0 heterocycles. The smallest absolute Gasteiger partial charge is 0.219 e. The standard InChI is InChI=1S/C15H31NO.C2H6/c1-8-14(5,6)11-15(7,9-2)12-16(10-3)13(4)17;1-2/h8-12H2,1-7H3;1-2H3. The van der Waals surface area contributed by atoms with Crippen LogP contribution in [0.5, 0.6) is 0 Å². The summed E-state index contributed by atoms with van der Waals surface area (Å²) in [5.41, 5.74) is 0.599. The van der Waals surface area contributed by atoms with Crippen molar-refractivity contribution in [2.24, 2.45) is 10.8 Å². The molecule has 19 heavy (non-hydrogen) atoms. The molecule has 0 fully saturated rings. The molecule has 0 aromatic heterocycles. The molecule has 116 valence electrons. The normalized spacial score (nSPS) is 14.2. The molecular weight excluding hydrogens is 234 g/mol. The van der Waals surface area contributed by atoms with Crippen LogP contribution in [0.1, 0.15) is 81.6 Å². The lowest BCUT2D eigenvalue weighted by atomic mass is 9.71. The fourth-order valence-electron chi connectivity index (χ4n) is 2.48. The molecule has 0 aromatic rings. The van der Waals surface area contributed by atoms with E-state index in [9.17, 15) is 4.79 Å². The Morgan fingerprint density at radius 2 is 1.47 bits per heavy atom. The van der Waals surface area contributed by atoms with Crippen LogP contribution < -0.4 is 0 Å². The second kappa shape index (κ2) is 9.39. The van der Waals surface area contributed by atoms with Crippen molar-refractivity contribution in [3.05, 3.63) is 0 Å². The van der Waals surface area contributed by atoms with Gasteiger partial charge < -0.3 is 4.90 Å². The minimum Gasteiger partial charge on any atom is -0.343 e. The first-order valence-electron chi connectivity index (χ1n) is 7.95. The highest BCUT2D eigenvalue weighted by atomic mass is 16.2. The zero-order chi connectivity index (χ0) is 15.7. The summed E-state index contributed by atoms with van der Waals surface area (Å²) in [6, 6.07) is 0. The number of hydrogen-bond acceptors (Lipinski definition) is 1. The molecule has 0 radical (unpaired) electrons. The maximum atomic E-state index is 11.5. The largest absolute Gasteiger partial charge is 0.343 e. The van der Waals surface area contributed by atoms with Crippen molar-refractivity contribution in [1.29, 1.82) is 0 Å². The van der Waals surface area contributed by atoms with Crippen LogP contribution in [-0.2, 0) is 4.79 Å². The number of rotatable bonds is 7.